The number of hydrogen-bond acceptors (Lipinski definition) is 5. The average molecular weight is 194 g/mol. The second kappa shape index (κ2) is 10.7. The van der Waals surface area contributed by atoms with Gasteiger partial charge in [0.2, 0.25) is 6.29 Å². The van der Waals surface area contributed by atoms with Crippen molar-refractivity contribution >= 4 is 17.1 Å². The molecular formula is C3H7NaO6S. The number of Topliss-reactive ketones (excluding diaryl/α,β-unsaturated/α-hetero) is 1. The van der Waals surface area contributed by atoms with Gasteiger partial charge in [-0.25, -0.2) is 4.21 Å². The Morgan fingerprint density at radius 1 is 1.55 bits per heavy atom. The molecule has 8 heteroatoms. The van der Waals surface area contributed by atoms with E-state index in [4.69, 9.17) is 23.5 Å². The standard InChI is InChI=1S/C3H6O3.Na.H2O3S/c1-2(4)3(5)6;;1-4(2)3/h3,5-6H,1H3;;(H2,1,2,3)/q;+1;/p-1. The first-order chi connectivity index (χ1) is 4.37. The third-order valence-corrected chi connectivity index (χ3v) is 0.364. The maximum absolute atomic E-state index is 9.64. The minimum Gasteiger partial charge on any atom is -0.750 e. The summed E-state index contributed by atoms with van der Waals surface area (Å²) < 4.78 is 24.1. The van der Waals surface area contributed by atoms with Gasteiger partial charge in [-0.05, 0) is 6.92 Å². The Kier molecular flexibility index (Phi) is 17.1. The molecule has 0 saturated carbocycles. The zero-order chi connectivity index (χ0) is 8.73. The van der Waals surface area contributed by atoms with Crippen LogP contribution in [-0.2, 0) is 16.2 Å². The monoisotopic (exact) mass is 194 g/mol. The number of rotatable bonds is 1. The van der Waals surface area contributed by atoms with Gasteiger partial charge in [0.05, 0.1) is 11.4 Å². The summed E-state index contributed by atoms with van der Waals surface area (Å²) in [6.45, 7) is 1.10. The van der Waals surface area contributed by atoms with Crippen LogP contribution in [-0.4, -0.2) is 35.6 Å². The van der Waals surface area contributed by atoms with Crippen LogP contribution in [0.5, 0.6) is 0 Å². The van der Waals surface area contributed by atoms with E-state index in [-0.39, 0.29) is 29.6 Å². The minimum absolute atomic E-state index is 0. The molecule has 0 aliphatic heterocycles. The Labute approximate surface area is 88.0 Å². The number of carbonyl (C=O) groups is 1. The van der Waals surface area contributed by atoms with E-state index < -0.39 is 23.4 Å². The molecule has 0 aromatic rings. The van der Waals surface area contributed by atoms with Crippen molar-refractivity contribution in [3.8, 4) is 0 Å². The fourth-order valence-electron chi connectivity index (χ4n) is 0. The molecule has 3 N–H and O–H groups in total. The SMILES string of the molecule is CC(=O)C(O)O.O=S([O-])O.[Na+]. The van der Waals surface area contributed by atoms with Gasteiger partial charge in [0.15, 0.2) is 5.78 Å². The number of aliphatic hydroxyl groups is 2. The molecule has 0 amide bonds. The Bertz CT molecular complexity index is 121. The predicted octanol–water partition coefficient (Wildman–Crippen LogP) is -4.77. The summed E-state index contributed by atoms with van der Waals surface area (Å²) in [6, 6.07) is 0. The molecule has 62 valence electrons. The van der Waals surface area contributed by atoms with Crippen LogP contribution < -0.4 is 29.6 Å². The first kappa shape index (κ1) is 17.7. The largest absolute Gasteiger partial charge is 1.00 e. The molecule has 6 nitrogen and oxygen atoms in total. The molecule has 0 aromatic heterocycles. The van der Waals surface area contributed by atoms with E-state index >= 15 is 0 Å². The Morgan fingerprint density at radius 2 is 1.64 bits per heavy atom. The van der Waals surface area contributed by atoms with E-state index in [2.05, 4.69) is 0 Å². The van der Waals surface area contributed by atoms with Crippen LogP contribution in [0.2, 0.25) is 0 Å². The second-order valence-corrected chi connectivity index (χ2v) is 1.64. The summed E-state index contributed by atoms with van der Waals surface area (Å²) in [6.07, 6.45) is -1.79. The van der Waals surface area contributed by atoms with Crippen LogP contribution in [0.4, 0.5) is 0 Å². The van der Waals surface area contributed by atoms with E-state index in [0.29, 0.717) is 0 Å². The van der Waals surface area contributed by atoms with Gasteiger partial charge in [-0.2, -0.15) is 0 Å². The Hall–Kier alpha value is 0.660. The summed E-state index contributed by atoms with van der Waals surface area (Å²) in [5, 5.41) is 15.7. The van der Waals surface area contributed by atoms with E-state index in [1.807, 2.05) is 0 Å². The molecule has 0 rings (SSSR count). The van der Waals surface area contributed by atoms with Gasteiger partial charge in [-0.1, -0.05) is 0 Å². The first-order valence-electron chi connectivity index (χ1n) is 2.03. The van der Waals surface area contributed by atoms with Crippen LogP contribution >= 0.6 is 0 Å². The smallest absolute Gasteiger partial charge is 0.750 e. The Morgan fingerprint density at radius 3 is 1.64 bits per heavy atom. The fraction of sp³-hybridized carbons (Fsp3) is 0.667. The number of hydrogen-bond donors (Lipinski definition) is 3. The van der Waals surface area contributed by atoms with E-state index in [0.717, 1.165) is 6.92 Å². The third kappa shape index (κ3) is 36.8. The van der Waals surface area contributed by atoms with Crippen molar-refractivity contribution in [2.45, 2.75) is 13.2 Å². The zero-order valence-electron chi connectivity index (χ0n) is 6.05. The van der Waals surface area contributed by atoms with Crippen LogP contribution in [0.3, 0.4) is 0 Å². The molecule has 0 fully saturated rings. The Balaban J connectivity index is -0.000000114. The van der Waals surface area contributed by atoms with Crippen molar-refractivity contribution in [3.05, 3.63) is 0 Å². The quantitative estimate of drug-likeness (QED) is 0.219. The van der Waals surface area contributed by atoms with Gasteiger partial charge < -0.3 is 19.3 Å². The third-order valence-electron chi connectivity index (χ3n) is 0.364. The molecule has 0 aliphatic rings. The van der Waals surface area contributed by atoms with Crippen LogP contribution in [0.1, 0.15) is 6.92 Å². The fourth-order valence-corrected chi connectivity index (χ4v) is 0. The summed E-state index contributed by atoms with van der Waals surface area (Å²) >= 11 is -2.86. The van der Waals surface area contributed by atoms with E-state index in [1.54, 1.807) is 0 Å². The molecule has 0 aliphatic carbocycles. The summed E-state index contributed by atoms with van der Waals surface area (Å²) in [7, 11) is 0. The van der Waals surface area contributed by atoms with Crippen molar-refractivity contribution in [2.24, 2.45) is 0 Å². The maximum Gasteiger partial charge on any atom is 1.00 e. The molecular weight excluding hydrogens is 187 g/mol. The first-order valence-corrected chi connectivity index (χ1v) is 3.06. The van der Waals surface area contributed by atoms with Crippen LogP contribution in [0.25, 0.3) is 0 Å². The van der Waals surface area contributed by atoms with Crippen LogP contribution in [0, 0.1) is 0 Å². The van der Waals surface area contributed by atoms with Crippen molar-refractivity contribution in [3.63, 3.8) is 0 Å². The maximum atomic E-state index is 9.64. The second-order valence-electron chi connectivity index (χ2n) is 1.20. The topological polar surface area (TPSA) is 118 Å². The van der Waals surface area contributed by atoms with Crippen molar-refractivity contribution < 1.29 is 57.9 Å². The minimum atomic E-state index is -2.86. The van der Waals surface area contributed by atoms with E-state index in [9.17, 15) is 4.79 Å². The number of ketones is 1. The van der Waals surface area contributed by atoms with Crippen molar-refractivity contribution in [2.75, 3.05) is 0 Å². The molecule has 0 aromatic carbocycles. The van der Waals surface area contributed by atoms with Crippen molar-refractivity contribution in [1.82, 2.24) is 0 Å². The molecule has 0 spiro atoms. The van der Waals surface area contributed by atoms with Crippen molar-refractivity contribution in [1.29, 1.82) is 0 Å². The summed E-state index contributed by atoms with van der Waals surface area (Å²) in [5.74, 6) is -0.630. The predicted molar refractivity (Wildman–Crippen MR) is 30.5 cm³/mol. The summed E-state index contributed by atoms with van der Waals surface area (Å²) in [5.41, 5.74) is 0. The molecule has 0 saturated heterocycles. The van der Waals surface area contributed by atoms with Gasteiger partial charge in [0.25, 0.3) is 0 Å². The summed E-state index contributed by atoms with van der Waals surface area (Å²) in [4.78, 5) is 9.64. The molecule has 1 unspecified atom stereocenters. The van der Waals surface area contributed by atoms with Gasteiger partial charge >= 0.3 is 29.6 Å². The molecule has 0 heterocycles. The normalized spacial score (nSPS) is 10.7. The molecule has 0 bridgehead atoms. The number of carbonyl (C=O) groups excluding carboxylic acids is 1. The molecule has 11 heavy (non-hydrogen) atoms. The van der Waals surface area contributed by atoms with Gasteiger partial charge in [0, 0.05) is 0 Å². The average Bonchev–Trinajstić information content (AvgIpc) is 1.63. The van der Waals surface area contributed by atoms with Gasteiger partial charge in [-0.3, -0.25) is 4.79 Å². The van der Waals surface area contributed by atoms with Crippen LogP contribution in [0.15, 0.2) is 0 Å². The zero-order valence-corrected chi connectivity index (χ0v) is 8.87. The van der Waals surface area contributed by atoms with Gasteiger partial charge in [-0.15, -0.1) is 0 Å². The number of aliphatic hydroxyl groups excluding tert-OH is 1. The molecule has 0 radical (unpaired) electrons. The molecule has 1 atom stereocenters. The van der Waals surface area contributed by atoms with Gasteiger partial charge in [0.1, 0.15) is 0 Å². The van der Waals surface area contributed by atoms with E-state index in [1.165, 1.54) is 0 Å².